The Kier molecular flexibility index (Phi) is 4.27. The first-order valence-electron chi connectivity index (χ1n) is 11.2. The molecule has 0 saturated heterocycles. The first kappa shape index (κ1) is 19.9. The smallest absolute Gasteiger partial charge is 0.228 e. The van der Waals surface area contributed by atoms with Gasteiger partial charge in [-0.05, 0) is 17.9 Å². The lowest BCUT2D eigenvalue weighted by Crippen LogP contribution is -2.33. The van der Waals surface area contributed by atoms with Gasteiger partial charge in [-0.25, -0.2) is 14.5 Å². The van der Waals surface area contributed by atoms with Crippen LogP contribution in [0.4, 0.5) is 0 Å². The molecule has 6 heteroatoms. The molecular weight excluding hydrogens is 412 g/mol. The number of rotatable bonds is 2. The number of aromatic nitrogens is 4. The number of allylic oxidation sites excluding steroid dienone is 2. The standard InChI is InChI=1S/C27H24N4O2/c1-16-9-11-18(12-10-16)24-29-25-23-21(17-7-5-4-6-8-17)22-19(32)13-27(2,3)14-20(22)33-26(23)28-15-31(25)30-24/h4-12,15,21H,13-14H2,1-3H3/t21-/m1/s1. The molecular formula is C27H24N4O2. The van der Waals surface area contributed by atoms with E-state index in [9.17, 15) is 4.79 Å². The summed E-state index contributed by atoms with van der Waals surface area (Å²) in [4.78, 5) is 22.9. The van der Waals surface area contributed by atoms with E-state index in [1.165, 1.54) is 5.56 Å². The van der Waals surface area contributed by atoms with Gasteiger partial charge in [0.15, 0.2) is 17.3 Å². The van der Waals surface area contributed by atoms with E-state index < -0.39 is 0 Å². The van der Waals surface area contributed by atoms with Gasteiger partial charge in [-0.15, -0.1) is 5.10 Å². The number of benzene rings is 2. The minimum absolute atomic E-state index is 0.126. The molecule has 2 aliphatic rings. The van der Waals surface area contributed by atoms with Crippen molar-refractivity contribution in [2.24, 2.45) is 5.41 Å². The van der Waals surface area contributed by atoms with E-state index in [1.54, 1.807) is 10.8 Å². The Hall–Kier alpha value is -3.80. The molecule has 0 fully saturated rings. The second kappa shape index (κ2) is 7.10. The minimum Gasteiger partial charge on any atom is -0.442 e. The van der Waals surface area contributed by atoms with E-state index in [-0.39, 0.29) is 17.1 Å². The van der Waals surface area contributed by atoms with Gasteiger partial charge in [-0.1, -0.05) is 74.0 Å². The number of hydrogen-bond acceptors (Lipinski definition) is 5. The van der Waals surface area contributed by atoms with Crippen molar-refractivity contribution in [3.63, 3.8) is 0 Å². The van der Waals surface area contributed by atoms with Gasteiger partial charge in [0.2, 0.25) is 5.88 Å². The average Bonchev–Trinajstić information content (AvgIpc) is 3.22. The largest absolute Gasteiger partial charge is 0.442 e. The van der Waals surface area contributed by atoms with E-state index in [4.69, 9.17) is 9.72 Å². The molecule has 0 bridgehead atoms. The maximum Gasteiger partial charge on any atom is 0.228 e. The van der Waals surface area contributed by atoms with Crippen molar-refractivity contribution in [1.82, 2.24) is 19.6 Å². The summed E-state index contributed by atoms with van der Waals surface area (Å²) in [5.41, 5.74) is 5.17. The summed E-state index contributed by atoms with van der Waals surface area (Å²) >= 11 is 0. The molecule has 33 heavy (non-hydrogen) atoms. The van der Waals surface area contributed by atoms with Gasteiger partial charge in [0.05, 0.1) is 5.56 Å². The number of fused-ring (bicyclic) bond motifs is 3. The molecule has 0 radical (unpaired) electrons. The highest BCUT2D eigenvalue weighted by molar-refractivity contribution is 6.00. The second-order valence-electron chi connectivity index (χ2n) is 9.76. The Labute approximate surface area is 192 Å². The average molecular weight is 437 g/mol. The van der Waals surface area contributed by atoms with Crippen molar-refractivity contribution in [3.05, 3.63) is 88.9 Å². The molecule has 3 heterocycles. The number of ether oxygens (including phenoxy) is 1. The SMILES string of the molecule is Cc1ccc(-c2nc3c4c(ncn3n2)OC2=C(C(=O)CC(C)(C)C2)[C@H]4c2ccccc2)cc1. The van der Waals surface area contributed by atoms with Crippen LogP contribution in [0.15, 0.2) is 72.3 Å². The van der Waals surface area contributed by atoms with E-state index in [2.05, 4.69) is 43.0 Å². The van der Waals surface area contributed by atoms with Gasteiger partial charge in [-0.2, -0.15) is 0 Å². The van der Waals surface area contributed by atoms with Crippen LogP contribution in [-0.4, -0.2) is 25.4 Å². The van der Waals surface area contributed by atoms with E-state index in [0.29, 0.717) is 30.2 Å². The summed E-state index contributed by atoms with van der Waals surface area (Å²) in [5.74, 6) is 1.69. The number of ketones is 1. The number of hydrogen-bond donors (Lipinski definition) is 0. The minimum atomic E-state index is -0.292. The molecule has 0 N–H and O–H groups in total. The van der Waals surface area contributed by atoms with Gasteiger partial charge in [0, 0.05) is 29.9 Å². The van der Waals surface area contributed by atoms with Gasteiger partial charge >= 0.3 is 0 Å². The molecule has 0 amide bonds. The highest BCUT2D eigenvalue weighted by Crippen LogP contribution is 2.50. The van der Waals surface area contributed by atoms with Gasteiger partial charge in [0.25, 0.3) is 0 Å². The highest BCUT2D eigenvalue weighted by Gasteiger charge is 2.43. The zero-order valence-corrected chi connectivity index (χ0v) is 18.9. The Balaban J connectivity index is 1.59. The van der Waals surface area contributed by atoms with Crippen LogP contribution in [0, 0.1) is 12.3 Å². The zero-order valence-electron chi connectivity index (χ0n) is 18.9. The topological polar surface area (TPSA) is 69.4 Å². The highest BCUT2D eigenvalue weighted by atomic mass is 16.5. The first-order valence-corrected chi connectivity index (χ1v) is 11.2. The van der Waals surface area contributed by atoms with E-state index >= 15 is 0 Å². The molecule has 6 nitrogen and oxygen atoms in total. The number of aryl methyl sites for hydroxylation is 1. The van der Waals surface area contributed by atoms with Gasteiger partial charge < -0.3 is 4.74 Å². The fourth-order valence-corrected chi connectivity index (χ4v) is 4.95. The molecule has 1 aliphatic heterocycles. The van der Waals surface area contributed by atoms with Crippen LogP contribution in [0.5, 0.6) is 5.88 Å². The monoisotopic (exact) mass is 436 g/mol. The zero-order chi connectivity index (χ0) is 22.7. The van der Waals surface area contributed by atoms with E-state index in [0.717, 1.165) is 28.0 Å². The van der Waals surface area contributed by atoms with Crippen LogP contribution in [0.2, 0.25) is 0 Å². The van der Waals surface area contributed by atoms with Gasteiger partial charge in [0.1, 0.15) is 12.1 Å². The normalized spacial score (nSPS) is 19.2. The number of carbonyl (C=O) groups is 1. The molecule has 4 aromatic rings. The summed E-state index contributed by atoms with van der Waals surface area (Å²) in [7, 11) is 0. The van der Waals surface area contributed by atoms with Crippen LogP contribution >= 0.6 is 0 Å². The van der Waals surface area contributed by atoms with Gasteiger partial charge in [-0.3, -0.25) is 4.79 Å². The summed E-state index contributed by atoms with van der Waals surface area (Å²) in [5, 5.41) is 4.68. The molecule has 6 rings (SSSR count). The van der Waals surface area contributed by atoms with Crippen LogP contribution in [0.1, 0.15) is 49.3 Å². The second-order valence-corrected chi connectivity index (χ2v) is 9.76. The third-order valence-electron chi connectivity index (χ3n) is 6.51. The quantitative estimate of drug-likeness (QED) is 0.428. The third kappa shape index (κ3) is 3.25. The van der Waals surface area contributed by atoms with Crippen molar-refractivity contribution < 1.29 is 9.53 Å². The fourth-order valence-electron chi connectivity index (χ4n) is 4.95. The molecule has 2 aromatic carbocycles. The summed E-state index contributed by atoms with van der Waals surface area (Å²) in [6, 6.07) is 18.2. The lowest BCUT2D eigenvalue weighted by atomic mass is 9.70. The van der Waals surface area contributed by atoms with Crippen molar-refractivity contribution in [3.8, 4) is 17.3 Å². The Morgan fingerprint density at radius 2 is 1.79 bits per heavy atom. The Morgan fingerprint density at radius 3 is 2.55 bits per heavy atom. The first-order chi connectivity index (χ1) is 15.9. The van der Waals surface area contributed by atoms with Crippen LogP contribution < -0.4 is 4.74 Å². The summed E-state index contributed by atoms with van der Waals surface area (Å²) < 4.78 is 7.99. The molecule has 0 spiro atoms. The van der Waals surface area contributed by atoms with Crippen LogP contribution in [-0.2, 0) is 4.79 Å². The Bertz CT molecular complexity index is 1430. The van der Waals surface area contributed by atoms with Crippen molar-refractivity contribution in [2.75, 3.05) is 0 Å². The lowest BCUT2D eigenvalue weighted by Gasteiger charge is -2.37. The van der Waals surface area contributed by atoms with Crippen molar-refractivity contribution in [1.29, 1.82) is 0 Å². The molecule has 1 atom stereocenters. The predicted octanol–water partition coefficient (Wildman–Crippen LogP) is 5.27. The Morgan fingerprint density at radius 1 is 1.03 bits per heavy atom. The molecule has 0 saturated carbocycles. The van der Waals surface area contributed by atoms with E-state index in [1.807, 2.05) is 42.5 Å². The van der Waals surface area contributed by atoms with Crippen molar-refractivity contribution in [2.45, 2.75) is 39.5 Å². The third-order valence-corrected chi connectivity index (χ3v) is 6.51. The predicted molar refractivity (Wildman–Crippen MR) is 125 cm³/mol. The number of nitrogens with zero attached hydrogens (tertiary/aromatic N) is 4. The van der Waals surface area contributed by atoms with Crippen molar-refractivity contribution >= 4 is 11.4 Å². The maximum atomic E-state index is 13.4. The summed E-state index contributed by atoms with van der Waals surface area (Å²) in [6.07, 6.45) is 2.83. The molecule has 164 valence electrons. The number of Topliss-reactive ketones (excluding diaryl/α,β-unsaturated/α-hetero) is 1. The van der Waals surface area contributed by atoms with Crippen LogP contribution in [0.3, 0.4) is 0 Å². The lowest BCUT2D eigenvalue weighted by molar-refractivity contribution is -0.118. The molecule has 2 aromatic heterocycles. The summed E-state index contributed by atoms with van der Waals surface area (Å²) in [6.45, 7) is 6.26. The molecule has 0 unspecified atom stereocenters. The maximum absolute atomic E-state index is 13.4. The number of carbonyl (C=O) groups excluding carboxylic acids is 1. The fraction of sp³-hybridized carbons (Fsp3) is 0.259. The van der Waals surface area contributed by atoms with Crippen LogP contribution in [0.25, 0.3) is 17.0 Å². The molecule has 1 aliphatic carbocycles.